The molecule has 2 N–H and O–H groups in total. The summed E-state index contributed by atoms with van der Waals surface area (Å²) in [4.78, 5) is 25.8. The zero-order chi connectivity index (χ0) is 20.3. The van der Waals surface area contributed by atoms with Gasteiger partial charge in [-0.05, 0) is 18.6 Å². The lowest BCUT2D eigenvalue weighted by molar-refractivity contribution is -0.136. The summed E-state index contributed by atoms with van der Waals surface area (Å²) in [6, 6.07) is 4.31. The van der Waals surface area contributed by atoms with Crippen LogP contribution in [0.5, 0.6) is 0 Å². The van der Waals surface area contributed by atoms with Gasteiger partial charge in [0.25, 0.3) is 5.91 Å². The largest absolute Gasteiger partial charge is 0.466 e. The number of aryl methyl sites for hydroxylation is 1. The number of anilines is 1. The molecule has 1 aliphatic rings. The van der Waals surface area contributed by atoms with Crippen molar-refractivity contribution >= 4 is 17.6 Å². The first-order chi connectivity index (χ1) is 13.5. The van der Waals surface area contributed by atoms with E-state index in [2.05, 4.69) is 15.6 Å². The van der Waals surface area contributed by atoms with Crippen LogP contribution in [0.2, 0.25) is 0 Å². The standard InChI is InChI=1S/C18H20FN5O4/c1-3-11-9-24(22-21-11)12-4-5-15(14(19)8-12)20-16-13(18(27)28-2)10-23(6-7-25)17(16)26/h4-5,8-9,20,25H,3,6-7,10H2,1-2H3. The van der Waals surface area contributed by atoms with Gasteiger partial charge in [-0.1, -0.05) is 12.1 Å². The van der Waals surface area contributed by atoms with Crippen molar-refractivity contribution < 1.29 is 23.8 Å². The van der Waals surface area contributed by atoms with Crippen molar-refractivity contribution in [3.8, 4) is 5.69 Å². The number of esters is 1. The van der Waals surface area contributed by atoms with Gasteiger partial charge in [-0.15, -0.1) is 5.10 Å². The summed E-state index contributed by atoms with van der Waals surface area (Å²) in [5.41, 5.74) is 1.28. The van der Waals surface area contributed by atoms with Crippen LogP contribution in [0.1, 0.15) is 12.6 Å². The lowest BCUT2D eigenvalue weighted by Crippen LogP contribution is -2.31. The Morgan fingerprint density at radius 1 is 1.43 bits per heavy atom. The molecule has 0 atom stereocenters. The smallest absolute Gasteiger partial charge is 0.337 e. The molecule has 0 unspecified atom stereocenters. The van der Waals surface area contributed by atoms with Gasteiger partial charge in [0.2, 0.25) is 0 Å². The van der Waals surface area contributed by atoms with Gasteiger partial charge in [0.15, 0.2) is 0 Å². The van der Waals surface area contributed by atoms with Crippen LogP contribution in [0.3, 0.4) is 0 Å². The molecular formula is C18H20FN5O4. The van der Waals surface area contributed by atoms with Crippen LogP contribution >= 0.6 is 0 Å². The molecule has 2 heterocycles. The third kappa shape index (κ3) is 3.72. The van der Waals surface area contributed by atoms with Crippen LogP contribution in [0.25, 0.3) is 5.69 Å². The molecule has 0 spiro atoms. The lowest BCUT2D eigenvalue weighted by atomic mass is 10.2. The molecule has 2 aromatic rings. The highest BCUT2D eigenvalue weighted by atomic mass is 19.1. The van der Waals surface area contributed by atoms with Crippen molar-refractivity contribution in [1.82, 2.24) is 19.9 Å². The number of halogens is 1. The fraction of sp³-hybridized carbons (Fsp3) is 0.333. The molecule has 1 aromatic carbocycles. The van der Waals surface area contributed by atoms with E-state index in [4.69, 9.17) is 9.84 Å². The lowest BCUT2D eigenvalue weighted by Gasteiger charge is -2.15. The summed E-state index contributed by atoms with van der Waals surface area (Å²) in [6.45, 7) is 1.71. The molecule has 28 heavy (non-hydrogen) atoms. The Hall–Kier alpha value is -3.27. The van der Waals surface area contributed by atoms with Crippen LogP contribution in [-0.2, 0) is 20.7 Å². The number of methoxy groups -OCH3 is 1. The summed E-state index contributed by atoms with van der Waals surface area (Å²) in [7, 11) is 1.20. The molecule has 3 rings (SSSR count). The minimum absolute atomic E-state index is 0.0210. The molecular weight excluding hydrogens is 369 g/mol. The summed E-state index contributed by atoms with van der Waals surface area (Å²) >= 11 is 0. The molecule has 9 nitrogen and oxygen atoms in total. The van der Waals surface area contributed by atoms with Crippen LogP contribution in [0.15, 0.2) is 35.7 Å². The quantitative estimate of drug-likeness (QED) is 0.669. The van der Waals surface area contributed by atoms with Crippen molar-refractivity contribution in [1.29, 1.82) is 0 Å². The van der Waals surface area contributed by atoms with E-state index in [1.165, 1.54) is 28.8 Å². The van der Waals surface area contributed by atoms with Crippen molar-refractivity contribution in [2.24, 2.45) is 0 Å². The maximum absolute atomic E-state index is 14.6. The first-order valence-corrected chi connectivity index (χ1v) is 8.68. The maximum Gasteiger partial charge on any atom is 0.337 e. The van der Waals surface area contributed by atoms with Gasteiger partial charge in [0.05, 0.1) is 49.1 Å². The van der Waals surface area contributed by atoms with E-state index in [1.807, 2.05) is 6.92 Å². The minimum Gasteiger partial charge on any atom is -0.466 e. The highest BCUT2D eigenvalue weighted by Crippen LogP contribution is 2.25. The van der Waals surface area contributed by atoms with Gasteiger partial charge in [-0.2, -0.15) is 0 Å². The molecule has 0 fully saturated rings. The predicted molar refractivity (Wildman–Crippen MR) is 97.0 cm³/mol. The Kier molecular flexibility index (Phi) is 5.69. The van der Waals surface area contributed by atoms with Crippen LogP contribution in [0, 0.1) is 5.82 Å². The van der Waals surface area contributed by atoms with E-state index in [0.29, 0.717) is 12.1 Å². The topological polar surface area (TPSA) is 110 Å². The van der Waals surface area contributed by atoms with E-state index in [1.54, 1.807) is 12.3 Å². The van der Waals surface area contributed by atoms with Gasteiger partial charge < -0.3 is 20.1 Å². The number of aliphatic hydroxyl groups is 1. The second-order valence-electron chi connectivity index (χ2n) is 6.09. The molecule has 1 aliphatic heterocycles. The number of hydrogen-bond acceptors (Lipinski definition) is 7. The number of nitrogens with zero attached hydrogens (tertiary/aromatic N) is 4. The molecule has 1 amide bonds. The normalized spacial score (nSPS) is 14.0. The minimum atomic E-state index is -0.692. The van der Waals surface area contributed by atoms with Crippen LogP contribution in [-0.4, -0.2) is 63.7 Å². The molecule has 0 radical (unpaired) electrons. The second kappa shape index (κ2) is 8.17. The molecule has 10 heteroatoms. The number of nitrogens with one attached hydrogen (secondary N) is 1. The number of aromatic nitrogens is 3. The van der Waals surface area contributed by atoms with Crippen molar-refractivity contribution in [3.05, 3.63) is 47.2 Å². The van der Waals surface area contributed by atoms with Gasteiger partial charge in [-0.3, -0.25) is 4.79 Å². The summed E-state index contributed by atoms with van der Waals surface area (Å²) < 4.78 is 20.8. The van der Waals surface area contributed by atoms with Gasteiger partial charge in [0.1, 0.15) is 11.5 Å². The second-order valence-corrected chi connectivity index (χ2v) is 6.09. The molecule has 0 bridgehead atoms. The fourth-order valence-corrected chi connectivity index (χ4v) is 2.82. The number of rotatable bonds is 7. The van der Waals surface area contributed by atoms with Crippen LogP contribution in [0.4, 0.5) is 10.1 Å². The SMILES string of the molecule is CCc1cn(-c2ccc(NC3=C(C(=O)OC)CN(CCO)C3=O)c(F)c2)nn1. The average Bonchev–Trinajstić information content (AvgIpc) is 3.29. The van der Waals surface area contributed by atoms with E-state index in [-0.39, 0.29) is 36.7 Å². The van der Waals surface area contributed by atoms with Gasteiger partial charge in [0, 0.05) is 12.6 Å². The van der Waals surface area contributed by atoms with E-state index in [0.717, 1.165) is 5.69 Å². The molecule has 148 valence electrons. The van der Waals surface area contributed by atoms with Crippen molar-refractivity contribution in [2.75, 3.05) is 32.1 Å². The molecule has 0 aliphatic carbocycles. The number of benzene rings is 1. The number of ether oxygens (including phenoxy) is 1. The van der Waals surface area contributed by atoms with Gasteiger partial charge in [-0.25, -0.2) is 13.9 Å². The Morgan fingerprint density at radius 3 is 2.82 bits per heavy atom. The highest BCUT2D eigenvalue weighted by molar-refractivity contribution is 6.08. The average molecular weight is 389 g/mol. The number of β-amino-alcohol motifs (C(OH)–C–C–N with tert-alkyl or cyclic N) is 1. The van der Waals surface area contributed by atoms with Gasteiger partial charge >= 0.3 is 5.97 Å². The third-order valence-electron chi connectivity index (χ3n) is 4.33. The maximum atomic E-state index is 14.6. The number of amides is 1. The molecule has 1 aromatic heterocycles. The molecule has 0 saturated carbocycles. The Morgan fingerprint density at radius 2 is 2.21 bits per heavy atom. The number of carbonyl (C=O) groups excluding carboxylic acids is 2. The Bertz CT molecular complexity index is 940. The fourth-order valence-electron chi connectivity index (χ4n) is 2.82. The highest BCUT2D eigenvalue weighted by Gasteiger charge is 2.34. The first-order valence-electron chi connectivity index (χ1n) is 8.68. The number of aliphatic hydroxyl groups excluding tert-OH is 1. The summed E-state index contributed by atoms with van der Waals surface area (Å²) in [5.74, 6) is -1.83. The zero-order valence-electron chi connectivity index (χ0n) is 15.5. The third-order valence-corrected chi connectivity index (χ3v) is 4.33. The van der Waals surface area contributed by atoms with Crippen molar-refractivity contribution in [3.63, 3.8) is 0 Å². The van der Waals surface area contributed by atoms with Crippen LogP contribution < -0.4 is 5.32 Å². The number of hydrogen-bond donors (Lipinski definition) is 2. The molecule has 0 saturated heterocycles. The van der Waals surface area contributed by atoms with Crippen molar-refractivity contribution in [2.45, 2.75) is 13.3 Å². The first kappa shape index (κ1) is 19.5. The summed E-state index contributed by atoms with van der Waals surface area (Å²) in [5, 5.41) is 19.7. The van der Waals surface area contributed by atoms with E-state index >= 15 is 0 Å². The number of carbonyl (C=O) groups is 2. The Balaban J connectivity index is 1.88. The Labute approximate surface area is 160 Å². The summed E-state index contributed by atoms with van der Waals surface area (Å²) in [6.07, 6.45) is 2.41. The monoisotopic (exact) mass is 389 g/mol. The van der Waals surface area contributed by atoms with E-state index < -0.39 is 17.7 Å². The zero-order valence-corrected chi connectivity index (χ0v) is 15.5. The van der Waals surface area contributed by atoms with E-state index in [9.17, 15) is 14.0 Å². The predicted octanol–water partition coefficient (Wildman–Crippen LogP) is 0.642.